The molecule has 1 aliphatic carbocycles. The van der Waals surface area contributed by atoms with Gasteiger partial charge >= 0.3 is 0 Å². The summed E-state index contributed by atoms with van der Waals surface area (Å²) in [5.74, 6) is 2.16. The molecule has 15 heavy (non-hydrogen) atoms. The molecule has 0 atom stereocenters. The molecule has 1 rings (SSSR count). The summed E-state index contributed by atoms with van der Waals surface area (Å²) in [6, 6.07) is 0.584. The zero-order chi connectivity index (χ0) is 11.4. The molecule has 0 aliphatic heterocycles. The molecule has 1 saturated carbocycles. The van der Waals surface area contributed by atoms with Crippen molar-refractivity contribution >= 4 is 5.84 Å². The maximum absolute atomic E-state index is 8.22. The Morgan fingerprint density at radius 2 is 1.80 bits per heavy atom. The van der Waals surface area contributed by atoms with Crippen LogP contribution >= 0.6 is 0 Å². The van der Waals surface area contributed by atoms with Crippen molar-refractivity contribution in [2.45, 2.75) is 59.4 Å². The molecule has 1 fully saturated rings. The minimum atomic E-state index is 0.584. The van der Waals surface area contributed by atoms with Gasteiger partial charge in [0.05, 0.1) is 5.84 Å². The van der Waals surface area contributed by atoms with E-state index in [0.29, 0.717) is 17.9 Å². The summed E-state index contributed by atoms with van der Waals surface area (Å²) in [5.41, 5.74) is 0. The summed E-state index contributed by atoms with van der Waals surface area (Å²) in [7, 11) is 0. The highest BCUT2D eigenvalue weighted by Crippen LogP contribution is 2.32. The molecule has 0 unspecified atom stereocenters. The standard InChI is InChI=1S/C13H26N2/c1-5-12(6-2)15(9-10(3)4)13(14)11-7-8-11/h10-12,14H,5-9H2,1-4H3. The van der Waals surface area contributed by atoms with Crippen LogP contribution in [0, 0.1) is 17.2 Å². The van der Waals surface area contributed by atoms with Gasteiger partial charge < -0.3 is 4.90 Å². The molecule has 1 N–H and O–H groups in total. The quantitative estimate of drug-likeness (QED) is 0.527. The lowest BCUT2D eigenvalue weighted by molar-refractivity contribution is 0.259. The highest BCUT2D eigenvalue weighted by atomic mass is 15.2. The Morgan fingerprint density at radius 1 is 1.27 bits per heavy atom. The lowest BCUT2D eigenvalue weighted by Gasteiger charge is -2.34. The van der Waals surface area contributed by atoms with E-state index in [9.17, 15) is 0 Å². The Balaban J connectivity index is 2.61. The van der Waals surface area contributed by atoms with Gasteiger partial charge in [-0.05, 0) is 31.6 Å². The fraction of sp³-hybridized carbons (Fsp3) is 0.923. The van der Waals surface area contributed by atoms with E-state index in [2.05, 4.69) is 32.6 Å². The topological polar surface area (TPSA) is 27.1 Å². The van der Waals surface area contributed by atoms with Crippen LogP contribution in [-0.4, -0.2) is 23.3 Å². The molecular weight excluding hydrogens is 184 g/mol. The number of hydrogen-bond acceptors (Lipinski definition) is 1. The van der Waals surface area contributed by atoms with Crippen molar-refractivity contribution in [2.24, 2.45) is 11.8 Å². The van der Waals surface area contributed by atoms with Crippen molar-refractivity contribution < 1.29 is 0 Å². The minimum absolute atomic E-state index is 0.584. The third-order valence-corrected chi connectivity index (χ3v) is 3.22. The van der Waals surface area contributed by atoms with E-state index in [-0.39, 0.29) is 0 Å². The van der Waals surface area contributed by atoms with E-state index in [1.807, 2.05) is 0 Å². The van der Waals surface area contributed by atoms with Crippen molar-refractivity contribution in [1.29, 1.82) is 5.41 Å². The molecule has 0 heterocycles. The van der Waals surface area contributed by atoms with Crippen LogP contribution in [-0.2, 0) is 0 Å². The molecule has 88 valence electrons. The van der Waals surface area contributed by atoms with Gasteiger partial charge in [0, 0.05) is 18.5 Å². The molecule has 0 spiro atoms. The maximum atomic E-state index is 8.22. The van der Waals surface area contributed by atoms with Crippen LogP contribution in [0.1, 0.15) is 53.4 Å². The molecule has 0 radical (unpaired) electrons. The molecule has 0 saturated heterocycles. The Kier molecular flexibility index (Phi) is 4.62. The largest absolute Gasteiger partial charge is 0.357 e. The maximum Gasteiger partial charge on any atom is 0.0992 e. The molecule has 0 bridgehead atoms. The summed E-state index contributed by atoms with van der Waals surface area (Å²) in [5, 5.41) is 8.22. The molecule has 0 aromatic carbocycles. The summed E-state index contributed by atoms with van der Waals surface area (Å²) < 4.78 is 0. The molecule has 1 aliphatic rings. The number of hydrogen-bond donors (Lipinski definition) is 1. The molecule has 2 heteroatoms. The Hall–Kier alpha value is -0.530. The van der Waals surface area contributed by atoms with Crippen LogP contribution in [0.2, 0.25) is 0 Å². The summed E-state index contributed by atoms with van der Waals surface area (Å²) in [6.07, 6.45) is 4.82. The average molecular weight is 210 g/mol. The van der Waals surface area contributed by atoms with E-state index in [4.69, 9.17) is 5.41 Å². The highest BCUT2D eigenvalue weighted by Gasteiger charge is 2.32. The number of amidine groups is 1. The molecule has 0 amide bonds. The number of rotatable bonds is 6. The second-order valence-corrected chi connectivity index (χ2v) is 5.18. The van der Waals surface area contributed by atoms with E-state index in [0.717, 1.165) is 12.4 Å². The van der Waals surface area contributed by atoms with Gasteiger partial charge in [0.25, 0.3) is 0 Å². The van der Waals surface area contributed by atoms with E-state index < -0.39 is 0 Å². The highest BCUT2D eigenvalue weighted by molar-refractivity contribution is 5.84. The van der Waals surface area contributed by atoms with Crippen LogP contribution in [0.4, 0.5) is 0 Å². The first-order valence-electron chi connectivity index (χ1n) is 6.45. The van der Waals surface area contributed by atoms with Crippen LogP contribution in [0.25, 0.3) is 0 Å². The normalized spacial score (nSPS) is 16.1. The average Bonchev–Trinajstić information content (AvgIpc) is 2.99. The van der Waals surface area contributed by atoms with E-state index >= 15 is 0 Å². The van der Waals surface area contributed by atoms with Crippen molar-refractivity contribution in [2.75, 3.05) is 6.54 Å². The van der Waals surface area contributed by atoms with Crippen molar-refractivity contribution in [3.05, 3.63) is 0 Å². The minimum Gasteiger partial charge on any atom is -0.357 e. The van der Waals surface area contributed by atoms with Gasteiger partial charge in [-0.25, -0.2) is 0 Å². The van der Waals surface area contributed by atoms with Crippen molar-refractivity contribution in [3.8, 4) is 0 Å². The van der Waals surface area contributed by atoms with Gasteiger partial charge in [-0.3, -0.25) is 5.41 Å². The summed E-state index contributed by atoms with van der Waals surface area (Å²) in [6.45, 7) is 10.0. The zero-order valence-electron chi connectivity index (χ0n) is 10.7. The second-order valence-electron chi connectivity index (χ2n) is 5.18. The van der Waals surface area contributed by atoms with E-state index in [1.54, 1.807) is 0 Å². The first-order valence-corrected chi connectivity index (χ1v) is 6.45. The van der Waals surface area contributed by atoms with Gasteiger partial charge in [0.1, 0.15) is 0 Å². The van der Waals surface area contributed by atoms with Gasteiger partial charge in [-0.15, -0.1) is 0 Å². The van der Waals surface area contributed by atoms with Crippen molar-refractivity contribution in [1.82, 2.24) is 4.90 Å². The summed E-state index contributed by atoms with van der Waals surface area (Å²) in [4.78, 5) is 2.36. The van der Waals surface area contributed by atoms with Crippen LogP contribution in [0.3, 0.4) is 0 Å². The number of nitrogens with zero attached hydrogens (tertiary/aromatic N) is 1. The van der Waals surface area contributed by atoms with Gasteiger partial charge in [-0.1, -0.05) is 27.7 Å². The Labute approximate surface area is 94.6 Å². The monoisotopic (exact) mass is 210 g/mol. The Morgan fingerprint density at radius 3 is 2.13 bits per heavy atom. The first-order chi connectivity index (χ1) is 7.10. The predicted molar refractivity (Wildman–Crippen MR) is 66.4 cm³/mol. The third kappa shape index (κ3) is 3.51. The van der Waals surface area contributed by atoms with Crippen LogP contribution in [0.5, 0.6) is 0 Å². The number of nitrogens with one attached hydrogen (secondary N) is 1. The lowest BCUT2D eigenvalue weighted by atomic mass is 10.1. The van der Waals surface area contributed by atoms with Crippen molar-refractivity contribution in [3.63, 3.8) is 0 Å². The fourth-order valence-electron chi connectivity index (χ4n) is 2.16. The predicted octanol–water partition coefficient (Wildman–Crippen LogP) is 3.52. The van der Waals surface area contributed by atoms with E-state index in [1.165, 1.54) is 25.7 Å². The molecule has 2 nitrogen and oxygen atoms in total. The first kappa shape index (κ1) is 12.5. The zero-order valence-corrected chi connectivity index (χ0v) is 10.7. The Bertz CT molecular complexity index is 203. The molecule has 0 aromatic heterocycles. The summed E-state index contributed by atoms with van der Waals surface area (Å²) >= 11 is 0. The smallest absolute Gasteiger partial charge is 0.0992 e. The lowest BCUT2D eigenvalue weighted by Crippen LogP contribution is -2.42. The van der Waals surface area contributed by atoms with Crippen LogP contribution < -0.4 is 0 Å². The van der Waals surface area contributed by atoms with Gasteiger partial charge in [-0.2, -0.15) is 0 Å². The second kappa shape index (κ2) is 5.53. The third-order valence-electron chi connectivity index (χ3n) is 3.22. The van der Waals surface area contributed by atoms with Crippen LogP contribution in [0.15, 0.2) is 0 Å². The SMILES string of the molecule is CCC(CC)N(CC(C)C)C(=N)C1CC1. The fourth-order valence-corrected chi connectivity index (χ4v) is 2.16. The van der Waals surface area contributed by atoms with Gasteiger partial charge in [0.2, 0.25) is 0 Å². The molecule has 0 aromatic rings. The van der Waals surface area contributed by atoms with Gasteiger partial charge in [0.15, 0.2) is 0 Å². The molecular formula is C13H26N2.